The van der Waals surface area contributed by atoms with E-state index in [4.69, 9.17) is 0 Å². The first-order valence-corrected chi connectivity index (χ1v) is 7.75. The summed E-state index contributed by atoms with van der Waals surface area (Å²) < 4.78 is 0. The van der Waals surface area contributed by atoms with Crippen molar-refractivity contribution >= 4 is 5.91 Å². The van der Waals surface area contributed by atoms with Crippen molar-refractivity contribution in [1.29, 1.82) is 0 Å². The fourth-order valence-corrected chi connectivity index (χ4v) is 3.14. The fraction of sp³-hybridized carbons (Fsp3) is 0.588. The zero-order chi connectivity index (χ0) is 14.4. The van der Waals surface area contributed by atoms with Gasteiger partial charge in [-0.25, -0.2) is 0 Å². The minimum Gasteiger partial charge on any atom is -0.394 e. The Hall–Kier alpha value is -1.35. The molecule has 1 heterocycles. The molecule has 1 aliphatic heterocycles. The van der Waals surface area contributed by atoms with E-state index in [2.05, 4.69) is 6.92 Å². The van der Waals surface area contributed by atoms with Gasteiger partial charge in [0.15, 0.2) is 0 Å². The van der Waals surface area contributed by atoms with Gasteiger partial charge in [-0.05, 0) is 24.8 Å². The molecule has 3 nitrogen and oxygen atoms in total. The third-order valence-corrected chi connectivity index (χ3v) is 4.19. The van der Waals surface area contributed by atoms with Crippen molar-refractivity contribution in [2.75, 3.05) is 6.61 Å². The highest BCUT2D eigenvalue weighted by molar-refractivity contribution is 5.78. The largest absolute Gasteiger partial charge is 0.394 e. The molecule has 0 saturated carbocycles. The van der Waals surface area contributed by atoms with Crippen LogP contribution >= 0.6 is 0 Å². The molecule has 2 rings (SSSR count). The molecule has 2 atom stereocenters. The van der Waals surface area contributed by atoms with Crippen molar-refractivity contribution in [3.05, 3.63) is 35.9 Å². The second-order valence-corrected chi connectivity index (χ2v) is 5.60. The lowest BCUT2D eigenvalue weighted by Gasteiger charge is -2.41. The molecule has 0 spiro atoms. The molecule has 0 radical (unpaired) electrons. The Morgan fingerprint density at radius 2 is 2.10 bits per heavy atom. The highest BCUT2D eigenvalue weighted by Crippen LogP contribution is 2.31. The first kappa shape index (κ1) is 15.0. The summed E-state index contributed by atoms with van der Waals surface area (Å²) >= 11 is 0. The monoisotopic (exact) mass is 275 g/mol. The Bertz CT molecular complexity index is 418. The van der Waals surface area contributed by atoms with Crippen LogP contribution in [0.2, 0.25) is 0 Å². The maximum Gasteiger partial charge on any atom is 0.223 e. The number of aliphatic hydroxyl groups excluding tert-OH is 1. The topological polar surface area (TPSA) is 40.5 Å². The zero-order valence-corrected chi connectivity index (χ0v) is 12.3. The molecule has 3 heteroatoms. The van der Waals surface area contributed by atoms with Crippen molar-refractivity contribution in [3.63, 3.8) is 0 Å². The van der Waals surface area contributed by atoms with E-state index in [9.17, 15) is 9.90 Å². The van der Waals surface area contributed by atoms with Crippen molar-refractivity contribution in [3.8, 4) is 0 Å². The van der Waals surface area contributed by atoms with Crippen LogP contribution in [0, 0.1) is 0 Å². The summed E-state index contributed by atoms with van der Waals surface area (Å²) in [6, 6.07) is 9.99. The molecule has 1 saturated heterocycles. The predicted molar refractivity (Wildman–Crippen MR) is 80.3 cm³/mol. The average Bonchev–Trinajstić information content (AvgIpc) is 2.49. The lowest BCUT2D eigenvalue weighted by molar-refractivity contribution is -0.141. The Balaban J connectivity index is 2.21. The molecule has 1 aliphatic rings. The van der Waals surface area contributed by atoms with E-state index in [-0.39, 0.29) is 24.6 Å². The van der Waals surface area contributed by atoms with Crippen LogP contribution in [0.4, 0.5) is 0 Å². The third-order valence-electron chi connectivity index (χ3n) is 4.19. The van der Waals surface area contributed by atoms with Gasteiger partial charge in [-0.3, -0.25) is 4.79 Å². The van der Waals surface area contributed by atoms with Crippen molar-refractivity contribution < 1.29 is 9.90 Å². The van der Waals surface area contributed by atoms with Crippen LogP contribution in [0.1, 0.15) is 57.1 Å². The molecule has 0 bridgehead atoms. The first-order valence-electron chi connectivity index (χ1n) is 7.75. The van der Waals surface area contributed by atoms with E-state index in [0.717, 1.165) is 37.7 Å². The standard InChI is InChI=1S/C17H25NO2/c1-2-3-10-15-11-7-12-17(20)18(15)16(13-19)14-8-5-4-6-9-14/h4-6,8-9,15-16,19H,2-3,7,10-13H2,1H3/t15-,16-/m0/s1. The summed E-state index contributed by atoms with van der Waals surface area (Å²) in [5.41, 5.74) is 1.03. The number of carbonyl (C=O) groups is 1. The SMILES string of the molecule is CCCC[C@H]1CCCC(=O)N1[C@@H](CO)c1ccccc1. The summed E-state index contributed by atoms with van der Waals surface area (Å²) in [7, 11) is 0. The Kier molecular flexibility index (Phi) is 5.60. The predicted octanol–water partition coefficient (Wildman–Crippen LogP) is 3.29. The van der Waals surface area contributed by atoms with Gasteiger partial charge in [-0.1, -0.05) is 50.1 Å². The smallest absolute Gasteiger partial charge is 0.223 e. The van der Waals surface area contributed by atoms with E-state index in [1.54, 1.807) is 0 Å². The van der Waals surface area contributed by atoms with Crippen LogP contribution in [0.15, 0.2) is 30.3 Å². The minimum absolute atomic E-state index is 0.00161. The summed E-state index contributed by atoms with van der Waals surface area (Å²) in [4.78, 5) is 14.3. The van der Waals surface area contributed by atoms with E-state index < -0.39 is 0 Å². The van der Waals surface area contributed by atoms with Crippen LogP contribution in [0.25, 0.3) is 0 Å². The Morgan fingerprint density at radius 3 is 2.75 bits per heavy atom. The number of aliphatic hydroxyl groups is 1. The molecule has 1 amide bonds. The first-order chi connectivity index (χ1) is 9.77. The molecule has 0 aromatic heterocycles. The van der Waals surface area contributed by atoms with Gasteiger partial charge in [0.2, 0.25) is 5.91 Å². The Labute approximate surface area is 121 Å². The summed E-state index contributed by atoms with van der Waals surface area (Å²) in [6.45, 7) is 2.17. The van der Waals surface area contributed by atoms with Crippen LogP contribution in [-0.2, 0) is 4.79 Å². The Morgan fingerprint density at radius 1 is 1.35 bits per heavy atom. The summed E-state index contributed by atoms with van der Waals surface area (Å²) in [5, 5.41) is 9.80. The maximum absolute atomic E-state index is 12.4. The molecule has 20 heavy (non-hydrogen) atoms. The van der Waals surface area contributed by atoms with Crippen molar-refractivity contribution in [2.24, 2.45) is 0 Å². The summed E-state index contributed by atoms with van der Waals surface area (Å²) in [6.07, 6.45) is 6.00. The van der Waals surface area contributed by atoms with E-state index in [0.29, 0.717) is 6.42 Å². The summed E-state index contributed by atoms with van der Waals surface area (Å²) in [5.74, 6) is 0.195. The number of hydrogen-bond donors (Lipinski definition) is 1. The van der Waals surface area contributed by atoms with Gasteiger partial charge in [-0.15, -0.1) is 0 Å². The molecule has 0 unspecified atom stereocenters. The van der Waals surface area contributed by atoms with Crippen LogP contribution in [0.5, 0.6) is 0 Å². The van der Waals surface area contributed by atoms with Crippen LogP contribution in [0.3, 0.4) is 0 Å². The number of nitrogens with zero attached hydrogens (tertiary/aromatic N) is 1. The van der Waals surface area contributed by atoms with E-state index in [1.807, 2.05) is 35.2 Å². The van der Waals surface area contributed by atoms with E-state index in [1.165, 1.54) is 0 Å². The minimum atomic E-state index is -0.189. The number of unbranched alkanes of at least 4 members (excludes halogenated alkanes) is 1. The highest BCUT2D eigenvalue weighted by atomic mass is 16.3. The highest BCUT2D eigenvalue weighted by Gasteiger charge is 2.33. The number of carbonyl (C=O) groups excluding carboxylic acids is 1. The lowest BCUT2D eigenvalue weighted by atomic mass is 9.93. The molecule has 1 aromatic rings. The van der Waals surface area contributed by atoms with Gasteiger partial charge < -0.3 is 10.0 Å². The number of rotatable bonds is 6. The van der Waals surface area contributed by atoms with Crippen molar-refractivity contribution in [2.45, 2.75) is 57.5 Å². The molecule has 0 aliphatic carbocycles. The maximum atomic E-state index is 12.4. The number of hydrogen-bond acceptors (Lipinski definition) is 2. The van der Waals surface area contributed by atoms with Gasteiger partial charge in [0, 0.05) is 12.5 Å². The van der Waals surface area contributed by atoms with Crippen LogP contribution < -0.4 is 0 Å². The van der Waals surface area contributed by atoms with Gasteiger partial charge >= 0.3 is 0 Å². The molecule has 1 aromatic carbocycles. The molecule has 1 fully saturated rings. The van der Waals surface area contributed by atoms with Gasteiger partial charge in [0.25, 0.3) is 0 Å². The lowest BCUT2D eigenvalue weighted by Crippen LogP contribution is -2.46. The number of piperidine rings is 1. The van der Waals surface area contributed by atoms with Gasteiger partial charge in [0.05, 0.1) is 12.6 Å². The average molecular weight is 275 g/mol. The van der Waals surface area contributed by atoms with Gasteiger partial charge in [-0.2, -0.15) is 0 Å². The van der Waals surface area contributed by atoms with Crippen LogP contribution in [-0.4, -0.2) is 28.6 Å². The van der Waals surface area contributed by atoms with E-state index >= 15 is 0 Å². The zero-order valence-electron chi connectivity index (χ0n) is 12.3. The second-order valence-electron chi connectivity index (χ2n) is 5.60. The molecule has 1 N–H and O–H groups in total. The third kappa shape index (κ3) is 3.40. The fourth-order valence-electron chi connectivity index (χ4n) is 3.14. The number of amides is 1. The van der Waals surface area contributed by atoms with Gasteiger partial charge in [0.1, 0.15) is 0 Å². The number of likely N-dealkylation sites (tertiary alicyclic amines) is 1. The molecular weight excluding hydrogens is 250 g/mol. The second kappa shape index (κ2) is 7.44. The molecular formula is C17H25NO2. The normalized spacial score (nSPS) is 21.0. The quantitative estimate of drug-likeness (QED) is 0.865. The van der Waals surface area contributed by atoms with Crippen molar-refractivity contribution in [1.82, 2.24) is 4.90 Å². The molecule has 110 valence electrons. The number of benzene rings is 1.